The van der Waals surface area contributed by atoms with E-state index >= 15 is 0 Å². The van der Waals surface area contributed by atoms with Crippen molar-refractivity contribution in [2.75, 3.05) is 6.54 Å². The van der Waals surface area contributed by atoms with Crippen molar-refractivity contribution in [2.45, 2.75) is 26.2 Å². The van der Waals surface area contributed by atoms with Gasteiger partial charge in [-0.1, -0.05) is 6.92 Å². The van der Waals surface area contributed by atoms with Gasteiger partial charge in [0.15, 0.2) is 0 Å². The van der Waals surface area contributed by atoms with Crippen LogP contribution in [-0.2, 0) is 19.9 Å². The number of rotatable bonds is 4. The quantitative estimate of drug-likeness (QED) is 0.837. The fourth-order valence-electron chi connectivity index (χ4n) is 1.96. The van der Waals surface area contributed by atoms with Gasteiger partial charge in [-0.05, 0) is 25.8 Å². The first-order valence-corrected chi connectivity index (χ1v) is 5.95. The second-order valence-corrected chi connectivity index (χ2v) is 4.18. The van der Waals surface area contributed by atoms with E-state index in [-0.39, 0.29) is 5.56 Å². The molecule has 0 atom stereocenters. The number of hydrogen-bond donors (Lipinski definition) is 1. The van der Waals surface area contributed by atoms with E-state index in [1.807, 2.05) is 24.6 Å². The molecule has 0 fully saturated rings. The second-order valence-electron chi connectivity index (χ2n) is 4.18. The van der Waals surface area contributed by atoms with Crippen LogP contribution in [0.5, 0.6) is 0 Å². The van der Waals surface area contributed by atoms with E-state index in [2.05, 4.69) is 5.10 Å². The smallest absolute Gasteiger partial charge is 0.274 e. The molecule has 0 radical (unpaired) electrons. The molecule has 0 saturated heterocycles. The minimum atomic E-state index is -0.0650. The lowest BCUT2D eigenvalue weighted by molar-refractivity contribution is 0.723. The van der Waals surface area contributed by atoms with Gasteiger partial charge < -0.3 is 10.3 Å². The summed E-state index contributed by atoms with van der Waals surface area (Å²) in [6, 6.07) is 3.61. The van der Waals surface area contributed by atoms with E-state index in [1.54, 1.807) is 6.07 Å². The average Bonchev–Trinajstić information content (AvgIpc) is 2.77. The zero-order valence-corrected chi connectivity index (χ0v) is 10.3. The monoisotopic (exact) mass is 234 g/mol. The third-order valence-electron chi connectivity index (χ3n) is 3.01. The lowest BCUT2D eigenvalue weighted by Gasteiger charge is -2.09. The molecule has 92 valence electrons. The fourth-order valence-corrected chi connectivity index (χ4v) is 1.96. The molecule has 0 amide bonds. The molecule has 17 heavy (non-hydrogen) atoms. The summed E-state index contributed by atoms with van der Waals surface area (Å²) >= 11 is 0. The Labute approximate surface area is 99.9 Å². The zero-order valence-electron chi connectivity index (χ0n) is 10.3. The highest BCUT2D eigenvalue weighted by atomic mass is 16.1. The molecule has 2 N–H and O–H groups in total. The van der Waals surface area contributed by atoms with E-state index in [0.29, 0.717) is 6.54 Å². The van der Waals surface area contributed by atoms with Crippen molar-refractivity contribution in [3.63, 3.8) is 0 Å². The molecule has 0 aliphatic carbocycles. The Morgan fingerprint density at radius 2 is 2.18 bits per heavy atom. The summed E-state index contributed by atoms with van der Waals surface area (Å²) in [5, 5.41) is 4.27. The minimum absolute atomic E-state index is 0.0650. The Morgan fingerprint density at radius 3 is 2.82 bits per heavy atom. The number of nitrogens with two attached hydrogens (primary N) is 1. The van der Waals surface area contributed by atoms with Gasteiger partial charge in [0.1, 0.15) is 5.65 Å². The van der Waals surface area contributed by atoms with Crippen LogP contribution < -0.4 is 11.3 Å². The predicted octanol–water partition coefficient (Wildman–Crippen LogP) is 0.487. The van der Waals surface area contributed by atoms with Crippen LogP contribution >= 0.6 is 0 Å². The van der Waals surface area contributed by atoms with Gasteiger partial charge in [0.25, 0.3) is 5.56 Å². The molecule has 2 aromatic rings. The lowest BCUT2D eigenvalue weighted by Crippen LogP contribution is -2.20. The van der Waals surface area contributed by atoms with Crippen molar-refractivity contribution in [3.05, 3.63) is 33.9 Å². The zero-order chi connectivity index (χ0) is 12.4. The van der Waals surface area contributed by atoms with Gasteiger partial charge in [-0.3, -0.25) is 4.79 Å². The second kappa shape index (κ2) is 4.71. The van der Waals surface area contributed by atoms with E-state index in [4.69, 9.17) is 5.73 Å². The molecule has 0 spiro atoms. The van der Waals surface area contributed by atoms with Gasteiger partial charge in [0, 0.05) is 24.9 Å². The minimum Gasteiger partial charge on any atom is -0.333 e. The van der Waals surface area contributed by atoms with E-state index in [0.717, 1.165) is 36.3 Å². The molecular formula is C12H18N4O. The number of nitrogens with zero attached hydrogens (tertiary/aromatic N) is 3. The number of aryl methyl sites for hydroxylation is 3. The van der Waals surface area contributed by atoms with Crippen molar-refractivity contribution in [1.29, 1.82) is 0 Å². The van der Waals surface area contributed by atoms with Crippen LogP contribution in [0.1, 0.15) is 24.7 Å². The van der Waals surface area contributed by atoms with Crippen molar-refractivity contribution in [3.8, 4) is 0 Å². The molecule has 0 aliphatic rings. The predicted molar refractivity (Wildman–Crippen MR) is 67.2 cm³/mol. The van der Waals surface area contributed by atoms with Crippen molar-refractivity contribution in [1.82, 2.24) is 14.2 Å². The van der Waals surface area contributed by atoms with E-state index in [1.165, 1.54) is 4.52 Å². The van der Waals surface area contributed by atoms with Gasteiger partial charge in [-0.25, -0.2) is 0 Å². The van der Waals surface area contributed by atoms with Gasteiger partial charge in [0.05, 0.1) is 5.69 Å². The molecule has 0 aromatic carbocycles. The highest BCUT2D eigenvalue weighted by molar-refractivity contribution is 5.41. The van der Waals surface area contributed by atoms with Gasteiger partial charge in [-0.2, -0.15) is 9.61 Å². The first kappa shape index (κ1) is 11.9. The molecule has 2 heterocycles. The summed E-state index contributed by atoms with van der Waals surface area (Å²) in [5.41, 5.74) is 8.23. The van der Waals surface area contributed by atoms with Crippen LogP contribution in [0, 0.1) is 0 Å². The summed E-state index contributed by atoms with van der Waals surface area (Å²) in [7, 11) is 1.96. The normalized spacial score (nSPS) is 11.2. The largest absolute Gasteiger partial charge is 0.333 e. The van der Waals surface area contributed by atoms with Crippen LogP contribution in [0.4, 0.5) is 0 Å². The van der Waals surface area contributed by atoms with Crippen LogP contribution in [0.15, 0.2) is 16.9 Å². The highest BCUT2D eigenvalue weighted by Crippen LogP contribution is 2.08. The number of aromatic nitrogens is 3. The van der Waals surface area contributed by atoms with Crippen LogP contribution in [0.2, 0.25) is 0 Å². The maximum absolute atomic E-state index is 11.9. The number of fused-ring (bicyclic) bond motifs is 1. The first-order chi connectivity index (χ1) is 8.17. The molecule has 5 heteroatoms. The lowest BCUT2D eigenvalue weighted by atomic mass is 10.2. The van der Waals surface area contributed by atoms with E-state index in [9.17, 15) is 4.79 Å². The topological polar surface area (TPSA) is 65.3 Å². The van der Waals surface area contributed by atoms with Crippen molar-refractivity contribution < 1.29 is 0 Å². The summed E-state index contributed by atoms with van der Waals surface area (Å²) in [6.45, 7) is 2.67. The Morgan fingerprint density at radius 1 is 1.41 bits per heavy atom. The van der Waals surface area contributed by atoms with Gasteiger partial charge >= 0.3 is 0 Å². The molecule has 0 saturated carbocycles. The molecule has 2 rings (SSSR count). The molecule has 2 aromatic heterocycles. The SMILES string of the molecule is CCc1cc2n(C)c(CCCN)cc(=O)n2n1. The molecule has 0 unspecified atom stereocenters. The summed E-state index contributed by atoms with van der Waals surface area (Å²) in [6.07, 6.45) is 2.54. The fraction of sp³-hybridized carbons (Fsp3) is 0.500. The molecule has 0 bridgehead atoms. The third kappa shape index (κ3) is 2.10. The van der Waals surface area contributed by atoms with Crippen molar-refractivity contribution in [2.24, 2.45) is 12.8 Å². The molecule has 0 aliphatic heterocycles. The Bertz CT molecular complexity index is 582. The number of hydrogen-bond acceptors (Lipinski definition) is 3. The van der Waals surface area contributed by atoms with Crippen LogP contribution in [0.3, 0.4) is 0 Å². The Hall–Kier alpha value is -1.62. The average molecular weight is 234 g/mol. The Kier molecular flexibility index (Phi) is 3.28. The van der Waals surface area contributed by atoms with Gasteiger partial charge in [-0.15, -0.1) is 0 Å². The summed E-state index contributed by atoms with van der Waals surface area (Å²) in [4.78, 5) is 11.9. The highest BCUT2D eigenvalue weighted by Gasteiger charge is 2.08. The van der Waals surface area contributed by atoms with E-state index < -0.39 is 0 Å². The Balaban J connectivity index is 2.58. The third-order valence-corrected chi connectivity index (χ3v) is 3.01. The van der Waals surface area contributed by atoms with Crippen LogP contribution in [0.25, 0.3) is 5.65 Å². The maximum atomic E-state index is 11.9. The summed E-state index contributed by atoms with van der Waals surface area (Å²) in [5.74, 6) is 0. The molecule has 5 nitrogen and oxygen atoms in total. The standard InChI is InChI=1S/C12H18N4O/c1-3-9-7-11-15(2)10(5-4-6-13)8-12(17)16(11)14-9/h7-8H,3-6,13H2,1-2H3. The van der Waals surface area contributed by atoms with Crippen molar-refractivity contribution >= 4 is 5.65 Å². The first-order valence-electron chi connectivity index (χ1n) is 5.95. The molecular weight excluding hydrogens is 216 g/mol. The summed E-state index contributed by atoms with van der Waals surface area (Å²) < 4.78 is 3.48. The maximum Gasteiger partial charge on any atom is 0.274 e. The van der Waals surface area contributed by atoms with Crippen LogP contribution in [-0.4, -0.2) is 20.7 Å². The van der Waals surface area contributed by atoms with Gasteiger partial charge in [0.2, 0.25) is 0 Å².